The van der Waals surface area contributed by atoms with Crippen LogP contribution in [-0.2, 0) is 40.2 Å². The van der Waals surface area contributed by atoms with Gasteiger partial charge in [-0.1, -0.05) is 99.9 Å². The summed E-state index contributed by atoms with van der Waals surface area (Å²) in [6.45, 7) is 23.8. The number of piperidine rings is 1. The van der Waals surface area contributed by atoms with Gasteiger partial charge in [-0.15, -0.1) is 25.7 Å². The lowest BCUT2D eigenvalue weighted by Gasteiger charge is -2.27. The molecule has 1 amide bonds. The van der Waals surface area contributed by atoms with E-state index in [-0.39, 0.29) is 12.8 Å². The average Bonchev–Trinajstić information content (AvgIpc) is 3.21. The summed E-state index contributed by atoms with van der Waals surface area (Å²) in [6, 6.07) is 10.7. The van der Waals surface area contributed by atoms with Crippen LogP contribution in [0.4, 0.5) is 13.2 Å². The van der Waals surface area contributed by atoms with E-state index < -0.39 is 38.1 Å². The van der Waals surface area contributed by atoms with E-state index in [1.54, 1.807) is 11.1 Å². The number of rotatable bonds is 7. The number of aryl methyl sites for hydroxylation is 2. The van der Waals surface area contributed by atoms with Crippen molar-refractivity contribution in [3.05, 3.63) is 64.7 Å². The number of primary amides is 1. The van der Waals surface area contributed by atoms with Crippen LogP contribution in [0.2, 0.25) is 0 Å². The Hall–Kier alpha value is -3.31. The van der Waals surface area contributed by atoms with E-state index >= 15 is 0 Å². The molecule has 1 fully saturated rings. The van der Waals surface area contributed by atoms with Crippen LogP contribution in [0.3, 0.4) is 0 Å². The fraction of sp³-hybridized carbons (Fsp3) is 0.595. The highest BCUT2D eigenvalue weighted by Crippen LogP contribution is 2.31. The first-order chi connectivity index (χ1) is 25.0. The Kier molecular flexibility index (Phi) is 49.2. The molecule has 2 aromatic rings. The number of hydrogen-bond acceptors (Lipinski definition) is 5. The Morgan fingerprint density at radius 3 is 1.69 bits per heavy atom. The van der Waals surface area contributed by atoms with E-state index in [0.717, 1.165) is 25.3 Å². The number of carbonyl (C=O) groups excluding carboxylic acids is 1. The van der Waals surface area contributed by atoms with Crippen LogP contribution >= 0.6 is 0 Å². The number of benzene rings is 2. The molecular formula is C42H73F3N2O4S. The first-order valence-corrected chi connectivity index (χ1v) is 20.3. The Bertz CT molecular complexity index is 1220. The number of halogens is 3. The van der Waals surface area contributed by atoms with Crippen molar-refractivity contribution in [1.82, 2.24) is 4.90 Å². The third kappa shape index (κ3) is 29.3. The van der Waals surface area contributed by atoms with Crippen LogP contribution in [0.25, 0.3) is 0 Å². The molecule has 0 atom stereocenters. The fourth-order valence-corrected chi connectivity index (χ4v) is 6.03. The van der Waals surface area contributed by atoms with Gasteiger partial charge in [0.05, 0.1) is 16.2 Å². The highest BCUT2D eigenvalue weighted by molar-refractivity contribution is 7.91. The maximum atomic E-state index is 12.5. The summed E-state index contributed by atoms with van der Waals surface area (Å²) in [5.41, 5.74) is 8.61. The summed E-state index contributed by atoms with van der Waals surface area (Å²) in [5, 5.41) is 7.00. The lowest BCUT2D eigenvalue weighted by molar-refractivity contribution is -0.137. The normalized spacial score (nSPS) is 12.2. The van der Waals surface area contributed by atoms with Crippen LogP contribution in [0.1, 0.15) is 136 Å². The molecule has 1 heterocycles. The molecule has 10 heteroatoms. The first kappa shape index (κ1) is 60.8. The molecule has 1 saturated heterocycles. The van der Waals surface area contributed by atoms with E-state index in [2.05, 4.69) is 48.8 Å². The second kappa shape index (κ2) is 42.1. The van der Waals surface area contributed by atoms with E-state index in [1.165, 1.54) is 70.1 Å². The summed E-state index contributed by atoms with van der Waals surface area (Å²) >= 11 is 0. The van der Waals surface area contributed by atoms with Crippen molar-refractivity contribution in [3.63, 3.8) is 0 Å². The molecule has 0 aromatic heterocycles. The molecule has 0 saturated carbocycles. The van der Waals surface area contributed by atoms with Crippen molar-refractivity contribution in [1.29, 1.82) is 0 Å². The molecular weight excluding hydrogens is 686 g/mol. The summed E-state index contributed by atoms with van der Waals surface area (Å²) in [7, 11) is -2.85. The Labute approximate surface area is 318 Å². The SMILES string of the molecule is C#C.C#C.CC.CC.CC.CC.CC.CO.NC(=O)CCCS(=O)(=O)c1cccc(C(F)(F)F)c1.c1cc2c(cc1CN1CCCCC1)CCCC2. The summed E-state index contributed by atoms with van der Waals surface area (Å²) in [5.74, 6) is -1.07. The van der Waals surface area contributed by atoms with Crippen LogP contribution in [0, 0.1) is 25.7 Å². The first-order valence-electron chi connectivity index (χ1n) is 18.7. The largest absolute Gasteiger partial charge is 0.416 e. The number of fused-ring (bicyclic) bond motifs is 1. The van der Waals surface area contributed by atoms with Gasteiger partial charge in [0.25, 0.3) is 0 Å². The number of terminal acetylenes is 2. The van der Waals surface area contributed by atoms with Crippen molar-refractivity contribution in [2.45, 2.75) is 145 Å². The molecule has 0 unspecified atom stereocenters. The molecule has 6 nitrogen and oxygen atoms in total. The molecule has 3 N–H and O–H groups in total. The van der Waals surface area contributed by atoms with Crippen molar-refractivity contribution < 1.29 is 31.5 Å². The van der Waals surface area contributed by atoms with Gasteiger partial charge in [-0.2, -0.15) is 13.2 Å². The summed E-state index contributed by atoms with van der Waals surface area (Å²) in [6.07, 6.45) is 20.9. The maximum absolute atomic E-state index is 12.5. The molecule has 302 valence electrons. The minimum atomic E-state index is -4.60. The number of likely N-dealkylation sites (tertiary alicyclic amines) is 1. The highest BCUT2D eigenvalue weighted by Gasteiger charge is 2.31. The van der Waals surface area contributed by atoms with Gasteiger partial charge in [-0.05, 0) is 92.9 Å². The average molecular weight is 759 g/mol. The summed E-state index contributed by atoms with van der Waals surface area (Å²) < 4.78 is 60.9. The van der Waals surface area contributed by atoms with Crippen molar-refractivity contribution >= 4 is 15.7 Å². The van der Waals surface area contributed by atoms with Gasteiger partial charge in [0, 0.05) is 20.1 Å². The number of amides is 1. The number of hydrogen-bond donors (Lipinski definition) is 2. The second-order valence-electron chi connectivity index (χ2n) is 9.56. The number of aliphatic hydroxyl groups excluding tert-OH is 1. The van der Waals surface area contributed by atoms with Gasteiger partial charge in [0.15, 0.2) is 9.84 Å². The highest BCUT2D eigenvalue weighted by atomic mass is 32.2. The molecule has 0 spiro atoms. The van der Waals surface area contributed by atoms with Gasteiger partial charge in [-0.3, -0.25) is 9.69 Å². The van der Waals surface area contributed by atoms with E-state index in [0.29, 0.717) is 6.07 Å². The van der Waals surface area contributed by atoms with Gasteiger partial charge in [-0.25, -0.2) is 8.42 Å². The lowest BCUT2D eigenvalue weighted by Crippen LogP contribution is -2.29. The zero-order chi connectivity index (χ0) is 42.2. The topological polar surface area (TPSA) is 101 Å². The van der Waals surface area contributed by atoms with Gasteiger partial charge >= 0.3 is 6.18 Å². The number of alkyl halides is 3. The molecule has 4 rings (SSSR count). The third-order valence-electron chi connectivity index (χ3n) is 6.62. The number of nitrogens with zero attached hydrogens (tertiary/aromatic N) is 1. The Balaban J connectivity index is -0.000000147. The molecule has 52 heavy (non-hydrogen) atoms. The standard InChI is InChI=1S/C16H23N.C11H12F3NO3S.5C2H6.2C2H2.CH4O/c1-4-10-17(11-5-1)13-14-8-9-15-6-2-3-7-16(15)12-14;12-11(13,14)8-3-1-4-9(7-8)19(17,18)6-2-5-10(15)16;8*1-2/h8-9,12H,1-7,10-11,13H2;1,3-4,7H,2,5-6H2,(H2,15,16);5*1-2H3;2*1-2H;2H,1H3. The van der Waals surface area contributed by atoms with Gasteiger partial charge in [0.1, 0.15) is 0 Å². The van der Waals surface area contributed by atoms with Crippen LogP contribution in [-0.4, -0.2) is 50.3 Å². The lowest BCUT2D eigenvalue weighted by atomic mass is 9.90. The predicted octanol–water partition coefficient (Wildman–Crippen LogP) is 10.5. The van der Waals surface area contributed by atoms with Crippen LogP contribution < -0.4 is 5.73 Å². The van der Waals surface area contributed by atoms with E-state index in [1.807, 2.05) is 69.2 Å². The van der Waals surface area contributed by atoms with Crippen molar-refractivity contribution in [2.75, 3.05) is 26.0 Å². The van der Waals surface area contributed by atoms with Crippen molar-refractivity contribution in [3.8, 4) is 25.7 Å². The number of carbonyl (C=O) groups is 1. The number of nitrogens with two attached hydrogens (primary N) is 1. The van der Waals surface area contributed by atoms with Gasteiger partial charge < -0.3 is 10.8 Å². The van der Waals surface area contributed by atoms with Crippen molar-refractivity contribution in [2.24, 2.45) is 5.73 Å². The zero-order valence-electron chi connectivity index (χ0n) is 34.3. The van der Waals surface area contributed by atoms with E-state index in [9.17, 15) is 26.4 Å². The minimum Gasteiger partial charge on any atom is -0.400 e. The minimum absolute atomic E-state index is 0.0199. The molecule has 0 radical (unpaired) electrons. The monoisotopic (exact) mass is 759 g/mol. The third-order valence-corrected chi connectivity index (χ3v) is 8.42. The second-order valence-corrected chi connectivity index (χ2v) is 11.7. The Morgan fingerprint density at radius 2 is 1.23 bits per heavy atom. The zero-order valence-corrected chi connectivity index (χ0v) is 35.1. The maximum Gasteiger partial charge on any atom is 0.416 e. The Morgan fingerprint density at radius 1 is 0.750 bits per heavy atom. The predicted molar refractivity (Wildman–Crippen MR) is 219 cm³/mol. The number of aliphatic hydroxyl groups is 1. The fourth-order valence-electron chi connectivity index (χ4n) is 4.68. The molecule has 2 aliphatic rings. The van der Waals surface area contributed by atoms with Gasteiger partial charge in [0.2, 0.25) is 5.91 Å². The quantitative estimate of drug-likeness (QED) is 0.274. The molecule has 2 aromatic carbocycles. The van der Waals surface area contributed by atoms with Crippen LogP contribution in [0.15, 0.2) is 47.4 Å². The smallest absolute Gasteiger partial charge is 0.400 e. The number of sulfone groups is 1. The molecule has 1 aliphatic heterocycles. The molecule has 1 aliphatic carbocycles. The van der Waals surface area contributed by atoms with E-state index in [4.69, 9.17) is 10.8 Å². The summed E-state index contributed by atoms with van der Waals surface area (Å²) in [4.78, 5) is 12.7. The molecule has 0 bridgehead atoms. The van der Waals surface area contributed by atoms with Crippen LogP contribution in [0.5, 0.6) is 0 Å².